The van der Waals surface area contributed by atoms with E-state index in [1.54, 1.807) is 30.6 Å². The molecule has 2 aromatic rings. The third kappa shape index (κ3) is 4.66. The van der Waals surface area contributed by atoms with Crippen LogP contribution >= 0.6 is 23.4 Å². The molecule has 1 aromatic heterocycles. The Balaban J connectivity index is 1.46. The Morgan fingerprint density at radius 1 is 1.33 bits per heavy atom. The van der Waals surface area contributed by atoms with Crippen molar-refractivity contribution in [2.75, 3.05) is 18.0 Å². The van der Waals surface area contributed by atoms with Crippen molar-refractivity contribution >= 4 is 52.2 Å². The number of pyridine rings is 1. The molecule has 9 heteroatoms. The molecule has 0 unspecified atom stereocenters. The second kappa shape index (κ2) is 8.89. The van der Waals surface area contributed by atoms with Gasteiger partial charge in [-0.3, -0.25) is 24.7 Å². The third-order valence-electron chi connectivity index (χ3n) is 4.90. The number of halogens is 1. The number of carbonyl (C=O) groups excluding carboxylic acids is 3. The van der Waals surface area contributed by atoms with E-state index >= 15 is 0 Å². The van der Waals surface area contributed by atoms with Crippen LogP contribution in [-0.2, 0) is 16.0 Å². The number of hydrogen-bond donors (Lipinski definition) is 2. The summed E-state index contributed by atoms with van der Waals surface area (Å²) in [6, 6.07) is 9.14. The fourth-order valence-corrected chi connectivity index (χ4v) is 4.57. The van der Waals surface area contributed by atoms with Crippen LogP contribution in [-0.4, -0.2) is 41.2 Å². The van der Waals surface area contributed by atoms with E-state index in [4.69, 9.17) is 11.6 Å². The van der Waals surface area contributed by atoms with Gasteiger partial charge in [-0.1, -0.05) is 29.8 Å². The number of amides is 3. The first-order valence-electron chi connectivity index (χ1n) is 9.46. The van der Waals surface area contributed by atoms with Crippen molar-refractivity contribution in [2.24, 2.45) is 0 Å². The summed E-state index contributed by atoms with van der Waals surface area (Å²) in [5.41, 5.74) is 2.42. The fraction of sp³-hybridized carbons (Fsp3) is 0.238. The number of benzene rings is 1. The zero-order chi connectivity index (χ0) is 21.1. The Hall–Kier alpha value is -2.84. The van der Waals surface area contributed by atoms with Gasteiger partial charge in [0, 0.05) is 37.1 Å². The summed E-state index contributed by atoms with van der Waals surface area (Å²) in [6.45, 7) is 1.33. The minimum absolute atomic E-state index is 0.00307. The van der Waals surface area contributed by atoms with Crippen LogP contribution in [0.2, 0.25) is 5.02 Å². The molecule has 4 rings (SSSR count). The number of carbonyl (C=O) groups is 3. The second-order valence-electron chi connectivity index (χ2n) is 7.07. The maximum atomic E-state index is 12.4. The molecule has 30 heavy (non-hydrogen) atoms. The molecule has 1 atom stereocenters. The predicted molar refractivity (Wildman–Crippen MR) is 117 cm³/mol. The SMILES string of the molecule is O=C(Cc1cccnc1)N[C@H]1CCN(c2c(Cl)cccc2C=C2SC(=O)NC2=O)C1. The second-order valence-corrected chi connectivity index (χ2v) is 8.49. The van der Waals surface area contributed by atoms with Crippen molar-refractivity contribution in [3.05, 3.63) is 63.8 Å². The maximum absolute atomic E-state index is 12.4. The first kappa shape index (κ1) is 20.4. The van der Waals surface area contributed by atoms with E-state index in [9.17, 15) is 14.4 Å². The van der Waals surface area contributed by atoms with Gasteiger partial charge in [0.1, 0.15) is 0 Å². The number of nitrogens with one attached hydrogen (secondary N) is 2. The van der Waals surface area contributed by atoms with Gasteiger partial charge < -0.3 is 10.2 Å². The van der Waals surface area contributed by atoms with Crippen molar-refractivity contribution in [1.29, 1.82) is 0 Å². The van der Waals surface area contributed by atoms with E-state index in [0.717, 1.165) is 41.5 Å². The van der Waals surface area contributed by atoms with Crippen molar-refractivity contribution in [2.45, 2.75) is 18.9 Å². The van der Waals surface area contributed by atoms with Gasteiger partial charge in [-0.05, 0) is 42.0 Å². The molecule has 0 aliphatic carbocycles. The number of rotatable bonds is 5. The van der Waals surface area contributed by atoms with Crippen molar-refractivity contribution in [1.82, 2.24) is 15.6 Å². The summed E-state index contributed by atoms with van der Waals surface area (Å²) in [6.07, 6.45) is 6.12. The van der Waals surface area contributed by atoms with Crippen molar-refractivity contribution in [3.8, 4) is 0 Å². The normalized spacial score (nSPS) is 20.0. The molecule has 0 bridgehead atoms. The van der Waals surface area contributed by atoms with E-state index in [1.165, 1.54) is 0 Å². The molecule has 3 heterocycles. The zero-order valence-electron chi connectivity index (χ0n) is 15.9. The zero-order valence-corrected chi connectivity index (χ0v) is 17.5. The van der Waals surface area contributed by atoms with Gasteiger partial charge in [-0.25, -0.2) is 0 Å². The van der Waals surface area contributed by atoms with E-state index in [2.05, 4.69) is 20.5 Å². The van der Waals surface area contributed by atoms with Gasteiger partial charge in [0.15, 0.2) is 0 Å². The maximum Gasteiger partial charge on any atom is 0.290 e. The summed E-state index contributed by atoms with van der Waals surface area (Å²) in [7, 11) is 0. The number of nitrogens with zero attached hydrogens (tertiary/aromatic N) is 2. The van der Waals surface area contributed by atoms with Gasteiger partial charge in [-0.15, -0.1) is 0 Å². The van der Waals surface area contributed by atoms with Crippen LogP contribution in [0.3, 0.4) is 0 Å². The summed E-state index contributed by atoms with van der Waals surface area (Å²) >= 11 is 7.35. The van der Waals surface area contributed by atoms with Gasteiger partial charge in [0.2, 0.25) is 5.91 Å². The molecule has 1 aromatic carbocycles. The van der Waals surface area contributed by atoms with E-state index in [1.807, 2.05) is 18.2 Å². The molecular weight excluding hydrogens is 424 g/mol. The molecule has 2 saturated heterocycles. The summed E-state index contributed by atoms with van der Waals surface area (Å²) in [5, 5.41) is 5.50. The van der Waals surface area contributed by atoms with Crippen LogP contribution in [0.4, 0.5) is 10.5 Å². The first-order valence-corrected chi connectivity index (χ1v) is 10.7. The van der Waals surface area contributed by atoms with E-state index in [0.29, 0.717) is 16.5 Å². The van der Waals surface area contributed by atoms with Gasteiger partial charge in [0.05, 0.1) is 22.0 Å². The molecule has 0 saturated carbocycles. The predicted octanol–water partition coefficient (Wildman–Crippen LogP) is 3.00. The minimum Gasteiger partial charge on any atom is -0.368 e. The first-order chi connectivity index (χ1) is 14.5. The lowest BCUT2D eigenvalue weighted by molar-refractivity contribution is -0.121. The molecule has 2 aliphatic rings. The van der Waals surface area contributed by atoms with Crippen LogP contribution in [0.5, 0.6) is 0 Å². The number of aromatic nitrogens is 1. The molecule has 0 spiro atoms. The largest absolute Gasteiger partial charge is 0.368 e. The number of imide groups is 1. The number of hydrogen-bond acceptors (Lipinski definition) is 6. The molecule has 154 valence electrons. The van der Waals surface area contributed by atoms with Crippen LogP contribution in [0.1, 0.15) is 17.5 Å². The van der Waals surface area contributed by atoms with Crippen LogP contribution in [0.25, 0.3) is 6.08 Å². The standard InChI is InChI=1S/C21H19ClN4O3S/c22-16-5-1-4-14(10-17-20(28)25-21(29)30-17)19(16)26-8-6-15(12-26)24-18(27)9-13-3-2-7-23-11-13/h1-5,7,10-11,15H,6,8-9,12H2,(H,24,27)(H,25,28,29)/t15-/m0/s1. The summed E-state index contributed by atoms with van der Waals surface area (Å²) in [4.78, 5) is 42.2. The molecular formula is C21H19ClN4O3S. The monoisotopic (exact) mass is 442 g/mol. The number of para-hydroxylation sites is 1. The van der Waals surface area contributed by atoms with Gasteiger partial charge >= 0.3 is 0 Å². The van der Waals surface area contributed by atoms with E-state index in [-0.39, 0.29) is 23.6 Å². The highest BCUT2D eigenvalue weighted by Gasteiger charge is 2.29. The fourth-order valence-electron chi connectivity index (χ4n) is 3.59. The van der Waals surface area contributed by atoms with Gasteiger partial charge in [0.25, 0.3) is 11.1 Å². The lowest BCUT2D eigenvalue weighted by Gasteiger charge is -2.23. The van der Waals surface area contributed by atoms with Crippen molar-refractivity contribution in [3.63, 3.8) is 0 Å². The van der Waals surface area contributed by atoms with Crippen LogP contribution in [0, 0.1) is 0 Å². The van der Waals surface area contributed by atoms with Crippen LogP contribution in [0.15, 0.2) is 47.6 Å². The highest BCUT2D eigenvalue weighted by atomic mass is 35.5. The molecule has 2 fully saturated rings. The summed E-state index contributed by atoms with van der Waals surface area (Å²) < 4.78 is 0. The topological polar surface area (TPSA) is 91.4 Å². The lowest BCUT2D eigenvalue weighted by atomic mass is 10.1. The Morgan fingerprint density at radius 3 is 2.93 bits per heavy atom. The lowest BCUT2D eigenvalue weighted by Crippen LogP contribution is -2.38. The molecule has 3 amide bonds. The molecule has 0 radical (unpaired) electrons. The van der Waals surface area contributed by atoms with Crippen LogP contribution < -0.4 is 15.5 Å². The Bertz CT molecular complexity index is 1030. The molecule has 2 N–H and O–H groups in total. The highest BCUT2D eigenvalue weighted by molar-refractivity contribution is 8.18. The Kier molecular flexibility index (Phi) is 6.06. The summed E-state index contributed by atoms with van der Waals surface area (Å²) in [5.74, 6) is -0.452. The number of thioether (sulfide) groups is 1. The Labute approximate surface area is 182 Å². The average Bonchev–Trinajstić information content (AvgIpc) is 3.28. The van der Waals surface area contributed by atoms with E-state index < -0.39 is 5.91 Å². The molecule has 7 nitrogen and oxygen atoms in total. The number of anilines is 1. The van der Waals surface area contributed by atoms with Crippen molar-refractivity contribution < 1.29 is 14.4 Å². The third-order valence-corrected chi connectivity index (χ3v) is 6.02. The quantitative estimate of drug-likeness (QED) is 0.692. The Morgan fingerprint density at radius 2 is 2.20 bits per heavy atom. The highest BCUT2D eigenvalue weighted by Crippen LogP contribution is 2.36. The molecule has 2 aliphatic heterocycles. The van der Waals surface area contributed by atoms with Gasteiger partial charge in [-0.2, -0.15) is 0 Å². The smallest absolute Gasteiger partial charge is 0.290 e. The average molecular weight is 443 g/mol. The minimum atomic E-state index is -0.405.